The van der Waals surface area contributed by atoms with Crippen molar-refractivity contribution in [2.24, 2.45) is 5.92 Å². The van der Waals surface area contributed by atoms with Crippen molar-refractivity contribution in [1.82, 2.24) is 0 Å². The van der Waals surface area contributed by atoms with E-state index in [0.29, 0.717) is 23.5 Å². The summed E-state index contributed by atoms with van der Waals surface area (Å²) in [6, 6.07) is 0. The van der Waals surface area contributed by atoms with Gasteiger partial charge in [0.05, 0.1) is 12.2 Å². The molecule has 0 radical (unpaired) electrons. The van der Waals surface area contributed by atoms with Crippen molar-refractivity contribution < 1.29 is 19.1 Å². The van der Waals surface area contributed by atoms with E-state index in [4.69, 9.17) is 9.47 Å². The van der Waals surface area contributed by atoms with Crippen LogP contribution in [0.2, 0.25) is 0 Å². The highest BCUT2D eigenvalue weighted by Crippen LogP contribution is 2.32. The first-order chi connectivity index (χ1) is 11.5. The van der Waals surface area contributed by atoms with E-state index >= 15 is 0 Å². The lowest BCUT2D eigenvalue weighted by Gasteiger charge is -2.25. The number of allylic oxidation sites excluding steroid dienone is 1. The van der Waals surface area contributed by atoms with E-state index in [0.717, 1.165) is 51.4 Å². The van der Waals surface area contributed by atoms with Crippen LogP contribution in [0.3, 0.4) is 0 Å². The Balaban J connectivity index is 2.76. The van der Waals surface area contributed by atoms with Gasteiger partial charge in [0.1, 0.15) is 5.76 Å². The SMILES string of the molecule is C=C(C)C(=O)OC(=C(C)C(=O)OCCCCCC)C1CCCCC1. The van der Waals surface area contributed by atoms with Gasteiger partial charge in [-0.3, -0.25) is 0 Å². The Hall–Kier alpha value is -1.58. The summed E-state index contributed by atoms with van der Waals surface area (Å²) in [6.07, 6.45) is 9.50. The largest absolute Gasteiger partial charge is 0.462 e. The summed E-state index contributed by atoms with van der Waals surface area (Å²) >= 11 is 0. The molecule has 1 rings (SSSR count). The van der Waals surface area contributed by atoms with Gasteiger partial charge in [-0.2, -0.15) is 0 Å². The van der Waals surface area contributed by atoms with Crippen LogP contribution in [0.5, 0.6) is 0 Å². The lowest BCUT2D eigenvalue weighted by atomic mass is 9.86. The van der Waals surface area contributed by atoms with Crippen molar-refractivity contribution in [2.75, 3.05) is 6.61 Å². The molecule has 0 spiro atoms. The first-order valence-electron chi connectivity index (χ1n) is 9.23. The molecule has 0 bridgehead atoms. The summed E-state index contributed by atoms with van der Waals surface area (Å²) in [5.74, 6) is -0.233. The molecule has 0 aromatic rings. The summed E-state index contributed by atoms with van der Waals surface area (Å²) in [4.78, 5) is 24.3. The molecule has 1 aliphatic carbocycles. The van der Waals surface area contributed by atoms with E-state index in [-0.39, 0.29) is 11.9 Å². The number of unbranched alkanes of at least 4 members (excludes halogenated alkanes) is 3. The fourth-order valence-electron chi connectivity index (χ4n) is 2.92. The van der Waals surface area contributed by atoms with Gasteiger partial charge in [-0.15, -0.1) is 0 Å². The lowest BCUT2D eigenvalue weighted by Crippen LogP contribution is -2.20. The van der Waals surface area contributed by atoms with Crippen molar-refractivity contribution >= 4 is 11.9 Å². The molecule has 1 aliphatic rings. The van der Waals surface area contributed by atoms with E-state index in [1.165, 1.54) is 6.42 Å². The third kappa shape index (κ3) is 6.90. The number of carbonyl (C=O) groups excluding carboxylic acids is 2. The van der Waals surface area contributed by atoms with Crippen LogP contribution in [-0.2, 0) is 19.1 Å². The molecule has 136 valence electrons. The number of hydrogen-bond acceptors (Lipinski definition) is 4. The number of hydrogen-bond donors (Lipinski definition) is 0. The van der Waals surface area contributed by atoms with E-state index in [1.54, 1.807) is 13.8 Å². The van der Waals surface area contributed by atoms with Gasteiger partial charge < -0.3 is 9.47 Å². The van der Waals surface area contributed by atoms with Gasteiger partial charge in [-0.25, -0.2) is 9.59 Å². The Bertz CT molecular complexity index is 470. The minimum atomic E-state index is -0.467. The molecule has 24 heavy (non-hydrogen) atoms. The first kappa shape index (κ1) is 20.5. The zero-order chi connectivity index (χ0) is 17.9. The third-order valence-corrected chi connectivity index (χ3v) is 4.43. The second kappa shape index (κ2) is 11.1. The molecule has 4 heteroatoms. The van der Waals surface area contributed by atoms with E-state index in [2.05, 4.69) is 13.5 Å². The summed E-state index contributed by atoms with van der Waals surface area (Å²) in [6.45, 7) is 9.50. The van der Waals surface area contributed by atoms with E-state index in [1.807, 2.05) is 0 Å². The molecule has 0 N–H and O–H groups in total. The monoisotopic (exact) mass is 336 g/mol. The molecule has 0 unspecified atom stereocenters. The van der Waals surface area contributed by atoms with Gasteiger partial charge in [0.25, 0.3) is 0 Å². The summed E-state index contributed by atoms with van der Waals surface area (Å²) in [7, 11) is 0. The minimum absolute atomic E-state index is 0.120. The molecule has 0 aromatic heterocycles. The molecule has 4 nitrogen and oxygen atoms in total. The van der Waals surface area contributed by atoms with Crippen LogP contribution in [0, 0.1) is 5.92 Å². The number of esters is 2. The Labute approximate surface area is 146 Å². The molecule has 1 fully saturated rings. The van der Waals surface area contributed by atoms with Gasteiger partial charge in [0.15, 0.2) is 0 Å². The number of rotatable bonds is 9. The summed E-state index contributed by atoms with van der Waals surface area (Å²) < 4.78 is 10.9. The Kier molecular flexibility index (Phi) is 9.43. The second-order valence-corrected chi connectivity index (χ2v) is 6.69. The van der Waals surface area contributed by atoms with Crippen LogP contribution in [0.4, 0.5) is 0 Å². The highest BCUT2D eigenvalue weighted by atomic mass is 16.5. The van der Waals surface area contributed by atoms with Gasteiger partial charge in [0, 0.05) is 11.5 Å². The number of ether oxygens (including phenoxy) is 2. The van der Waals surface area contributed by atoms with Gasteiger partial charge >= 0.3 is 11.9 Å². The maximum absolute atomic E-state index is 12.3. The molecule has 0 aliphatic heterocycles. The van der Waals surface area contributed by atoms with Gasteiger partial charge in [0.2, 0.25) is 0 Å². The molecule has 0 aromatic carbocycles. The quantitative estimate of drug-likeness (QED) is 0.255. The van der Waals surface area contributed by atoms with Gasteiger partial charge in [-0.1, -0.05) is 52.0 Å². The maximum Gasteiger partial charge on any atom is 0.338 e. The zero-order valence-electron chi connectivity index (χ0n) is 15.5. The molecule has 0 heterocycles. The Morgan fingerprint density at radius 1 is 1.00 bits per heavy atom. The molecule has 0 saturated heterocycles. The van der Waals surface area contributed by atoms with Crippen molar-refractivity contribution in [2.45, 2.75) is 78.6 Å². The third-order valence-electron chi connectivity index (χ3n) is 4.43. The predicted octanol–water partition coefficient (Wildman–Crippen LogP) is 5.08. The standard InChI is InChI=1S/C20H32O4/c1-5-6-7-11-14-23-20(22)16(4)18(24-19(21)15(2)3)17-12-9-8-10-13-17/h17H,2,5-14H2,1,3-4H3. The van der Waals surface area contributed by atoms with Crippen molar-refractivity contribution in [3.8, 4) is 0 Å². The topological polar surface area (TPSA) is 52.6 Å². The average molecular weight is 336 g/mol. The average Bonchev–Trinajstić information content (AvgIpc) is 2.59. The van der Waals surface area contributed by atoms with Crippen molar-refractivity contribution in [3.63, 3.8) is 0 Å². The molecule has 0 atom stereocenters. The summed E-state index contributed by atoms with van der Waals surface area (Å²) in [5, 5.41) is 0. The second-order valence-electron chi connectivity index (χ2n) is 6.69. The number of carbonyl (C=O) groups is 2. The van der Waals surface area contributed by atoms with Crippen molar-refractivity contribution in [1.29, 1.82) is 0 Å². The van der Waals surface area contributed by atoms with E-state index < -0.39 is 5.97 Å². The van der Waals surface area contributed by atoms with Crippen LogP contribution in [-0.4, -0.2) is 18.5 Å². The fraction of sp³-hybridized carbons (Fsp3) is 0.700. The van der Waals surface area contributed by atoms with Crippen molar-refractivity contribution in [3.05, 3.63) is 23.5 Å². The molecule has 1 saturated carbocycles. The predicted molar refractivity (Wildman–Crippen MR) is 95.3 cm³/mol. The maximum atomic E-state index is 12.3. The molecular formula is C20H32O4. The van der Waals surface area contributed by atoms with Crippen LogP contribution in [0.15, 0.2) is 23.5 Å². The normalized spacial score (nSPS) is 16.3. The first-order valence-corrected chi connectivity index (χ1v) is 9.23. The summed E-state index contributed by atoms with van der Waals surface area (Å²) in [5.41, 5.74) is 0.760. The van der Waals surface area contributed by atoms with Crippen LogP contribution in [0.1, 0.15) is 78.6 Å². The smallest absolute Gasteiger partial charge is 0.338 e. The Morgan fingerprint density at radius 3 is 2.25 bits per heavy atom. The molecule has 0 amide bonds. The zero-order valence-corrected chi connectivity index (χ0v) is 15.5. The highest BCUT2D eigenvalue weighted by Gasteiger charge is 2.26. The minimum Gasteiger partial charge on any atom is -0.462 e. The van der Waals surface area contributed by atoms with Crippen LogP contribution in [0.25, 0.3) is 0 Å². The Morgan fingerprint density at radius 2 is 1.67 bits per heavy atom. The van der Waals surface area contributed by atoms with Crippen LogP contribution >= 0.6 is 0 Å². The molecular weight excluding hydrogens is 304 g/mol. The highest BCUT2D eigenvalue weighted by molar-refractivity contribution is 5.91. The van der Waals surface area contributed by atoms with Gasteiger partial charge in [-0.05, 0) is 33.1 Å². The van der Waals surface area contributed by atoms with E-state index in [9.17, 15) is 9.59 Å². The van der Waals surface area contributed by atoms with Crippen LogP contribution < -0.4 is 0 Å². The lowest BCUT2D eigenvalue weighted by molar-refractivity contribution is -0.140. The fourth-order valence-corrected chi connectivity index (χ4v) is 2.92.